The summed E-state index contributed by atoms with van der Waals surface area (Å²) in [5.74, 6) is -0.688. The van der Waals surface area contributed by atoms with Crippen molar-refractivity contribution in [3.8, 4) is 0 Å². The number of hydrogen-bond donors (Lipinski definition) is 1. The average molecular weight is 331 g/mol. The lowest BCUT2D eigenvalue weighted by Gasteiger charge is -2.12. The van der Waals surface area contributed by atoms with E-state index in [0.29, 0.717) is 0 Å². The van der Waals surface area contributed by atoms with Gasteiger partial charge in [0.25, 0.3) is 5.91 Å². The largest absolute Gasteiger partial charge is 0.455 e. The zero-order chi connectivity index (χ0) is 16.8. The maximum absolute atomic E-state index is 11.8. The normalized spacial score (nSPS) is 11.8. The molecule has 0 spiro atoms. The van der Waals surface area contributed by atoms with Crippen LogP contribution in [-0.2, 0) is 20.7 Å². The number of aryl methyl sites for hydroxylation is 2. The second kappa shape index (κ2) is 7.92. The smallest absolute Gasteiger partial charge is 0.310 e. The Hall–Kier alpha value is -2.14. The monoisotopic (exact) mass is 331 g/mol. The Morgan fingerprint density at radius 2 is 2.00 bits per heavy atom. The summed E-state index contributed by atoms with van der Waals surface area (Å²) < 4.78 is 5.05. The molecular weight excluding hydrogens is 310 g/mol. The maximum atomic E-state index is 11.8. The molecule has 1 aromatic heterocycles. The third-order valence-electron chi connectivity index (χ3n) is 3.63. The van der Waals surface area contributed by atoms with Gasteiger partial charge in [-0.05, 0) is 48.9 Å². The van der Waals surface area contributed by atoms with Crippen LogP contribution in [0.5, 0.6) is 0 Å². The number of rotatable bonds is 6. The molecular formula is C18H21NO3S. The first-order valence-electron chi connectivity index (χ1n) is 7.50. The van der Waals surface area contributed by atoms with Crippen LogP contribution in [-0.4, -0.2) is 18.5 Å². The predicted octanol–water partition coefficient (Wildman–Crippen LogP) is 3.33. The minimum Gasteiger partial charge on any atom is -0.455 e. The van der Waals surface area contributed by atoms with Gasteiger partial charge in [0.15, 0.2) is 6.61 Å². The molecule has 1 N–H and O–H groups in total. The summed E-state index contributed by atoms with van der Waals surface area (Å²) in [5.41, 5.74) is 3.22. The van der Waals surface area contributed by atoms with Crippen molar-refractivity contribution >= 4 is 23.2 Å². The Bertz CT molecular complexity index is 680. The number of hydrogen-bond acceptors (Lipinski definition) is 4. The third kappa shape index (κ3) is 5.21. The molecule has 2 aromatic rings. The molecule has 0 aliphatic heterocycles. The number of nitrogens with one attached hydrogen (secondary N) is 1. The number of benzene rings is 1. The first-order chi connectivity index (χ1) is 11.0. The van der Waals surface area contributed by atoms with Gasteiger partial charge < -0.3 is 10.1 Å². The maximum Gasteiger partial charge on any atom is 0.310 e. The van der Waals surface area contributed by atoms with Crippen LogP contribution in [0.4, 0.5) is 0 Å². The van der Waals surface area contributed by atoms with Crippen molar-refractivity contribution < 1.29 is 14.3 Å². The van der Waals surface area contributed by atoms with Crippen LogP contribution < -0.4 is 5.32 Å². The van der Waals surface area contributed by atoms with Crippen molar-refractivity contribution in [2.75, 3.05) is 6.61 Å². The molecule has 1 atom stereocenters. The van der Waals surface area contributed by atoms with Crippen molar-refractivity contribution in [3.63, 3.8) is 0 Å². The highest BCUT2D eigenvalue weighted by Gasteiger charge is 2.13. The van der Waals surface area contributed by atoms with Gasteiger partial charge in [-0.1, -0.05) is 24.3 Å². The van der Waals surface area contributed by atoms with E-state index in [1.165, 1.54) is 5.56 Å². The lowest BCUT2D eigenvalue weighted by Crippen LogP contribution is -2.31. The van der Waals surface area contributed by atoms with Gasteiger partial charge in [-0.3, -0.25) is 9.59 Å². The summed E-state index contributed by atoms with van der Waals surface area (Å²) in [6.07, 6.45) is 0.175. The van der Waals surface area contributed by atoms with Crippen molar-refractivity contribution in [1.29, 1.82) is 0 Å². The van der Waals surface area contributed by atoms with Crippen LogP contribution in [0.15, 0.2) is 35.7 Å². The highest BCUT2D eigenvalue weighted by Crippen LogP contribution is 2.17. The Balaban J connectivity index is 1.77. The van der Waals surface area contributed by atoms with Crippen LogP contribution in [0, 0.1) is 13.8 Å². The van der Waals surface area contributed by atoms with Gasteiger partial charge in [0.1, 0.15) is 0 Å². The molecule has 122 valence electrons. The summed E-state index contributed by atoms with van der Waals surface area (Å²) in [6, 6.07) is 9.67. The molecule has 0 radical (unpaired) electrons. The van der Waals surface area contributed by atoms with Crippen molar-refractivity contribution in [2.45, 2.75) is 33.2 Å². The van der Waals surface area contributed by atoms with Crippen molar-refractivity contribution in [1.82, 2.24) is 5.32 Å². The summed E-state index contributed by atoms with van der Waals surface area (Å²) >= 11 is 1.58. The molecule has 0 unspecified atom stereocenters. The molecule has 1 heterocycles. The van der Waals surface area contributed by atoms with Gasteiger partial charge in [0.05, 0.1) is 12.5 Å². The SMILES string of the molecule is Cc1ccc(CC(=O)OCC(=O)N[C@@H](C)c2cccs2)cc1C. The molecule has 0 saturated heterocycles. The third-order valence-corrected chi connectivity index (χ3v) is 4.69. The molecule has 0 bridgehead atoms. The second-order valence-corrected chi connectivity index (χ2v) is 6.54. The first-order valence-corrected chi connectivity index (χ1v) is 8.38. The van der Waals surface area contributed by atoms with E-state index in [-0.39, 0.29) is 25.0 Å². The zero-order valence-corrected chi connectivity index (χ0v) is 14.4. The lowest BCUT2D eigenvalue weighted by atomic mass is 10.0. The van der Waals surface area contributed by atoms with Crippen LogP contribution in [0.2, 0.25) is 0 Å². The second-order valence-electron chi connectivity index (χ2n) is 5.56. The minimum atomic E-state index is -0.396. The Labute approximate surface area is 140 Å². The number of thiophene rings is 1. The molecule has 2 rings (SSSR count). The van der Waals surface area contributed by atoms with E-state index in [1.807, 2.05) is 56.5 Å². The van der Waals surface area contributed by atoms with Gasteiger partial charge in [-0.25, -0.2) is 0 Å². The van der Waals surface area contributed by atoms with E-state index in [9.17, 15) is 9.59 Å². The van der Waals surface area contributed by atoms with Crippen molar-refractivity contribution in [2.24, 2.45) is 0 Å². The highest BCUT2D eigenvalue weighted by molar-refractivity contribution is 7.10. The number of esters is 1. The Kier molecular flexibility index (Phi) is 5.93. The zero-order valence-electron chi connectivity index (χ0n) is 13.6. The minimum absolute atomic E-state index is 0.0825. The molecule has 1 amide bonds. The molecule has 23 heavy (non-hydrogen) atoms. The Morgan fingerprint density at radius 1 is 1.22 bits per heavy atom. The van der Waals surface area contributed by atoms with E-state index in [2.05, 4.69) is 5.32 Å². The van der Waals surface area contributed by atoms with Gasteiger partial charge in [-0.2, -0.15) is 0 Å². The van der Waals surface area contributed by atoms with Gasteiger partial charge in [0.2, 0.25) is 0 Å². The average Bonchev–Trinajstić information content (AvgIpc) is 3.03. The lowest BCUT2D eigenvalue weighted by molar-refractivity contribution is -0.148. The predicted molar refractivity (Wildman–Crippen MR) is 91.5 cm³/mol. The first kappa shape index (κ1) is 17.2. The topological polar surface area (TPSA) is 55.4 Å². The number of carbonyl (C=O) groups excluding carboxylic acids is 2. The summed E-state index contributed by atoms with van der Waals surface area (Å²) in [4.78, 5) is 24.7. The fourth-order valence-corrected chi connectivity index (χ4v) is 2.90. The quantitative estimate of drug-likeness (QED) is 0.826. The van der Waals surface area contributed by atoms with E-state index >= 15 is 0 Å². The molecule has 0 fully saturated rings. The summed E-state index contributed by atoms with van der Waals surface area (Å²) in [5, 5.41) is 4.77. The molecule has 0 saturated carbocycles. The highest BCUT2D eigenvalue weighted by atomic mass is 32.1. The fourth-order valence-electron chi connectivity index (χ4n) is 2.17. The standard InChI is InChI=1S/C18H21NO3S/c1-12-6-7-15(9-13(12)2)10-18(21)22-11-17(20)19-14(3)16-5-4-8-23-16/h4-9,14H,10-11H2,1-3H3,(H,19,20)/t14-/m0/s1. The molecule has 0 aliphatic carbocycles. The van der Waals surface area contributed by atoms with E-state index in [0.717, 1.165) is 16.0 Å². The fraction of sp³-hybridized carbons (Fsp3) is 0.333. The summed E-state index contributed by atoms with van der Waals surface area (Å²) in [7, 11) is 0. The van der Waals surface area contributed by atoms with Gasteiger partial charge in [-0.15, -0.1) is 11.3 Å². The number of ether oxygens (including phenoxy) is 1. The van der Waals surface area contributed by atoms with Crippen LogP contribution in [0.1, 0.15) is 34.5 Å². The number of carbonyl (C=O) groups is 2. The van der Waals surface area contributed by atoms with E-state index < -0.39 is 5.97 Å². The van der Waals surface area contributed by atoms with E-state index in [1.54, 1.807) is 11.3 Å². The van der Waals surface area contributed by atoms with Gasteiger partial charge in [0, 0.05) is 4.88 Å². The number of amides is 1. The van der Waals surface area contributed by atoms with Crippen molar-refractivity contribution in [3.05, 3.63) is 57.3 Å². The molecule has 0 aliphatic rings. The van der Waals surface area contributed by atoms with Gasteiger partial charge >= 0.3 is 5.97 Å². The molecule has 5 heteroatoms. The van der Waals surface area contributed by atoms with Crippen LogP contribution >= 0.6 is 11.3 Å². The van der Waals surface area contributed by atoms with E-state index in [4.69, 9.17) is 4.74 Å². The molecule has 4 nitrogen and oxygen atoms in total. The van der Waals surface area contributed by atoms with Crippen LogP contribution in [0.3, 0.4) is 0 Å². The van der Waals surface area contributed by atoms with Crippen LogP contribution in [0.25, 0.3) is 0 Å². The summed E-state index contributed by atoms with van der Waals surface area (Å²) in [6.45, 7) is 5.68. The molecule has 1 aromatic carbocycles. The Morgan fingerprint density at radius 3 is 2.65 bits per heavy atom.